The highest BCUT2D eigenvalue weighted by Gasteiger charge is 2.33. The molecule has 2 atom stereocenters. The number of ether oxygens (including phenoxy) is 1. The number of para-hydroxylation sites is 1. The zero-order valence-corrected chi connectivity index (χ0v) is 13.7. The number of methoxy groups -OCH3 is 1. The highest BCUT2D eigenvalue weighted by Crippen LogP contribution is 2.40. The van der Waals surface area contributed by atoms with Gasteiger partial charge in [0.2, 0.25) is 5.91 Å². The van der Waals surface area contributed by atoms with Gasteiger partial charge >= 0.3 is 0 Å². The summed E-state index contributed by atoms with van der Waals surface area (Å²) in [6.45, 7) is 1.14. The van der Waals surface area contributed by atoms with Crippen molar-refractivity contribution in [1.82, 2.24) is 10.3 Å². The van der Waals surface area contributed by atoms with Crippen molar-refractivity contribution in [3.8, 4) is 0 Å². The van der Waals surface area contributed by atoms with Gasteiger partial charge in [0.15, 0.2) is 0 Å². The number of benzene rings is 1. The van der Waals surface area contributed by atoms with Crippen molar-refractivity contribution in [3.63, 3.8) is 0 Å². The van der Waals surface area contributed by atoms with Gasteiger partial charge in [-0.05, 0) is 25.0 Å². The first-order valence-corrected chi connectivity index (χ1v) is 8.73. The number of nitrogens with zero attached hydrogens (tertiary/aromatic N) is 1. The average Bonchev–Trinajstić information content (AvgIpc) is 2.99. The van der Waals surface area contributed by atoms with Crippen molar-refractivity contribution in [1.29, 1.82) is 0 Å². The second-order valence-electron chi connectivity index (χ2n) is 5.80. The maximum Gasteiger partial charge on any atom is 0.223 e. The SMILES string of the molecule is COCCNC(=O)C1CCCCC1c1nc2ccccc2s1. The summed E-state index contributed by atoms with van der Waals surface area (Å²) in [6.07, 6.45) is 4.33. The Kier molecular flexibility index (Phi) is 5.05. The van der Waals surface area contributed by atoms with E-state index in [9.17, 15) is 4.79 Å². The molecule has 0 spiro atoms. The van der Waals surface area contributed by atoms with Crippen LogP contribution >= 0.6 is 11.3 Å². The predicted octanol–water partition coefficient (Wildman–Crippen LogP) is 3.33. The highest BCUT2D eigenvalue weighted by molar-refractivity contribution is 7.18. The van der Waals surface area contributed by atoms with Crippen LogP contribution in [0.5, 0.6) is 0 Å². The Hall–Kier alpha value is -1.46. The Morgan fingerprint density at radius 2 is 2.18 bits per heavy atom. The molecule has 1 aliphatic rings. The number of aromatic nitrogens is 1. The molecule has 0 aliphatic heterocycles. The zero-order chi connectivity index (χ0) is 15.4. The molecule has 1 saturated carbocycles. The Morgan fingerprint density at radius 1 is 1.36 bits per heavy atom. The number of hydrogen-bond acceptors (Lipinski definition) is 4. The molecule has 22 heavy (non-hydrogen) atoms. The number of thiazole rings is 1. The van der Waals surface area contributed by atoms with Gasteiger partial charge in [-0.3, -0.25) is 4.79 Å². The van der Waals surface area contributed by atoms with Crippen molar-refractivity contribution in [3.05, 3.63) is 29.3 Å². The minimum Gasteiger partial charge on any atom is -0.383 e. The summed E-state index contributed by atoms with van der Waals surface area (Å²) in [5.74, 6) is 0.459. The van der Waals surface area contributed by atoms with Crippen LogP contribution in [0.3, 0.4) is 0 Å². The molecule has 0 radical (unpaired) electrons. The molecule has 5 heteroatoms. The van der Waals surface area contributed by atoms with Crippen LogP contribution in [0.1, 0.15) is 36.6 Å². The van der Waals surface area contributed by atoms with Crippen molar-refractivity contribution >= 4 is 27.5 Å². The molecule has 3 rings (SSSR count). The van der Waals surface area contributed by atoms with Crippen molar-refractivity contribution in [2.24, 2.45) is 5.92 Å². The van der Waals surface area contributed by atoms with E-state index in [0.29, 0.717) is 13.2 Å². The van der Waals surface area contributed by atoms with Crippen molar-refractivity contribution < 1.29 is 9.53 Å². The van der Waals surface area contributed by atoms with Crippen LogP contribution in [-0.4, -0.2) is 31.2 Å². The van der Waals surface area contributed by atoms with Gasteiger partial charge in [0.25, 0.3) is 0 Å². The van der Waals surface area contributed by atoms with E-state index in [-0.39, 0.29) is 17.7 Å². The van der Waals surface area contributed by atoms with Gasteiger partial charge in [-0.15, -0.1) is 11.3 Å². The Labute approximate surface area is 134 Å². The lowest BCUT2D eigenvalue weighted by Crippen LogP contribution is -2.37. The fraction of sp³-hybridized carbons (Fsp3) is 0.529. The van der Waals surface area contributed by atoms with Gasteiger partial charge in [-0.2, -0.15) is 0 Å². The fourth-order valence-electron chi connectivity index (χ4n) is 3.20. The summed E-state index contributed by atoms with van der Waals surface area (Å²) in [5.41, 5.74) is 1.05. The van der Waals surface area contributed by atoms with E-state index in [1.165, 1.54) is 11.1 Å². The third-order valence-electron chi connectivity index (χ3n) is 4.34. The molecule has 0 saturated heterocycles. The molecule has 4 nitrogen and oxygen atoms in total. The quantitative estimate of drug-likeness (QED) is 0.860. The van der Waals surface area contributed by atoms with Crippen LogP contribution in [-0.2, 0) is 9.53 Å². The Balaban J connectivity index is 1.78. The number of fused-ring (bicyclic) bond motifs is 1. The van der Waals surface area contributed by atoms with Crippen LogP contribution in [0.15, 0.2) is 24.3 Å². The first kappa shape index (κ1) is 15.4. The molecule has 1 N–H and O–H groups in total. The van der Waals surface area contributed by atoms with Gasteiger partial charge in [-0.1, -0.05) is 25.0 Å². The summed E-state index contributed by atoms with van der Waals surface area (Å²) in [4.78, 5) is 17.3. The number of nitrogens with one attached hydrogen (secondary N) is 1. The van der Waals surface area contributed by atoms with Crippen LogP contribution < -0.4 is 5.32 Å². The summed E-state index contributed by atoms with van der Waals surface area (Å²) in [5, 5.41) is 4.12. The lowest BCUT2D eigenvalue weighted by atomic mass is 9.79. The first-order valence-electron chi connectivity index (χ1n) is 7.91. The topological polar surface area (TPSA) is 51.2 Å². The summed E-state index contributed by atoms with van der Waals surface area (Å²) in [6, 6.07) is 8.21. The maximum atomic E-state index is 12.5. The average molecular weight is 318 g/mol. The van der Waals surface area contributed by atoms with E-state index in [1.54, 1.807) is 18.4 Å². The largest absolute Gasteiger partial charge is 0.383 e. The number of carbonyl (C=O) groups excluding carboxylic acids is 1. The van der Waals surface area contributed by atoms with E-state index in [4.69, 9.17) is 9.72 Å². The molecule has 1 aromatic carbocycles. The maximum absolute atomic E-state index is 12.5. The third kappa shape index (κ3) is 3.31. The molecular formula is C17H22N2O2S. The van der Waals surface area contributed by atoms with Crippen LogP contribution in [0.2, 0.25) is 0 Å². The van der Waals surface area contributed by atoms with E-state index in [2.05, 4.69) is 11.4 Å². The minimum atomic E-state index is 0.0474. The molecule has 118 valence electrons. The molecule has 1 heterocycles. The van der Waals surface area contributed by atoms with Gasteiger partial charge in [0.05, 0.1) is 21.8 Å². The Morgan fingerprint density at radius 3 is 3.00 bits per heavy atom. The highest BCUT2D eigenvalue weighted by atomic mass is 32.1. The van der Waals surface area contributed by atoms with Crippen molar-refractivity contribution in [2.45, 2.75) is 31.6 Å². The van der Waals surface area contributed by atoms with E-state index >= 15 is 0 Å². The van der Waals surface area contributed by atoms with Gasteiger partial charge in [-0.25, -0.2) is 4.98 Å². The number of amides is 1. The molecule has 1 aliphatic carbocycles. The molecule has 1 amide bonds. The summed E-state index contributed by atoms with van der Waals surface area (Å²) < 4.78 is 6.22. The molecule has 1 aromatic heterocycles. The molecule has 2 unspecified atom stereocenters. The summed E-state index contributed by atoms with van der Waals surface area (Å²) >= 11 is 1.74. The lowest BCUT2D eigenvalue weighted by molar-refractivity contribution is -0.126. The third-order valence-corrected chi connectivity index (χ3v) is 5.50. The number of rotatable bonds is 5. The number of carbonyl (C=O) groups is 1. The van der Waals surface area contributed by atoms with Crippen LogP contribution in [0.4, 0.5) is 0 Å². The summed E-state index contributed by atoms with van der Waals surface area (Å²) in [7, 11) is 1.65. The van der Waals surface area contributed by atoms with Crippen molar-refractivity contribution in [2.75, 3.05) is 20.3 Å². The predicted molar refractivity (Wildman–Crippen MR) is 89.2 cm³/mol. The van der Waals surface area contributed by atoms with E-state index in [1.807, 2.05) is 18.2 Å². The number of hydrogen-bond donors (Lipinski definition) is 1. The standard InChI is InChI=1S/C17H22N2O2S/c1-21-11-10-18-16(20)12-6-2-3-7-13(12)17-19-14-8-4-5-9-15(14)22-17/h4-5,8-9,12-13H,2-3,6-7,10-11H2,1H3,(H,18,20). The monoisotopic (exact) mass is 318 g/mol. The molecule has 0 bridgehead atoms. The fourth-order valence-corrected chi connectivity index (χ4v) is 4.36. The van der Waals surface area contributed by atoms with E-state index in [0.717, 1.165) is 29.8 Å². The van der Waals surface area contributed by atoms with Gasteiger partial charge in [0, 0.05) is 25.5 Å². The molecule has 2 aromatic rings. The zero-order valence-electron chi connectivity index (χ0n) is 12.9. The first-order chi connectivity index (χ1) is 10.8. The van der Waals surface area contributed by atoms with Gasteiger partial charge in [0.1, 0.15) is 0 Å². The minimum absolute atomic E-state index is 0.0474. The molecule has 1 fully saturated rings. The molecular weight excluding hydrogens is 296 g/mol. The second-order valence-corrected chi connectivity index (χ2v) is 6.86. The normalized spacial score (nSPS) is 21.9. The van der Waals surface area contributed by atoms with Crippen LogP contribution in [0.25, 0.3) is 10.2 Å². The second kappa shape index (κ2) is 7.20. The van der Waals surface area contributed by atoms with Crippen LogP contribution in [0, 0.1) is 5.92 Å². The Bertz CT molecular complexity index is 607. The lowest BCUT2D eigenvalue weighted by Gasteiger charge is -2.29. The smallest absolute Gasteiger partial charge is 0.223 e. The van der Waals surface area contributed by atoms with Gasteiger partial charge < -0.3 is 10.1 Å². The van der Waals surface area contributed by atoms with E-state index < -0.39 is 0 Å².